The molecule has 0 bridgehead atoms. The van der Waals surface area contributed by atoms with Crippen LogP contribution in [-0.2, 0) is 17.6 Å². The van der Waals surface area contributed by atoms with Crippen molar-refractivity contribution in [1.82, 2.24) is 10.5 Å². The zero-order valence-corrected chi connectivity index (χ0v) is 13.3. The molecule has 118 valence electrons. The van der Waals surface area contributed by atoms with Crippen LogP contribution in [0.3, 0.4) is 0 Å². The average molecular weight is 302 g/mol. The molecule has 1 N–H and O–H groups in total. The highest BCUT2D eigenvalue weighted by Crippen LogP contribution is 2.13. The highest BCUT2D eigenvalue weighted by atomic mass is 16.5. The number of ether oxygens (including phenoxy) is 1. The van der Waals surface area contributed by atoms with Crippen molar-refractivity contribution in [2.45, 2.75) is 33.6 Å². The van der Waals surface area contributed by atoms with E-state index in [2.05, 4.69) is 10.5 Å². The Kier molecular flexibility index (Phi) is 5.58. The maximum atomic E-state index is 11.9. The van der Waals surface area contributed by atoms with Crippen molar-refractivity contribution in [3.05, 3.63) is 46.8 Å². The molecule has 1 aromatic heterocycles. The van der Waals surface area contributed by atoms with Gasteiger partial charge >= 0.3 is 0 Å². The second kappa shape index (κ2) is 7.64. The maximum absolute atomic E-state index is 11.9. The topological polar surface area (TPSA) is 64.4 Å². The molecule has 2 aromatic rings. The normalized spacial score (nSPS) is 10.5. The Morgan fingerprint density at radius 1 is 1.27 bits per heavy atom. The van der Waals surface area contributed by atoms with Crippen molar-refractivity contribution < 1.29 is 14.1 Å². The number of hydrogen-bond donors (Lipinski definition) is 1. The number of carbonyl (C=O) groups excluding carboxylic acids is 1. The van der Waals surface area contributed by atoms with Crippen LogP contribution in [0.4, 0.5) is 0 Å². The van der Waals surface area contributed by atoms with E-state index in [9.17, 15) is 4.79 Å². The van der Waals surface area contributed by atoms with Crippen molar-refractivity contribution in [3.63, 3.8) is 0 Å². The Labute approximate surface area is 130 Å². The summed E-state index contributed by atoms with van der Waals surface area (Å²) < 4.78 is 10.5. The molecule has 1 aromatic carbocycles. The van der Waals surface area contributed by atoms with Crippen LogP contribution >= 0.6 is 0 Å². The first-order chi connectivity index (χ1) is 10.6. The van der Waals surface area contributed by atoms with Crippen LogP contribution in [0, 0.1) is 13.8 Å². The Hall–Kier alpha value is -2.30. The third-order valence-corrected chi connectivity index (χ3v) is 3.48. The van der Waals surface area contributed by atoms with Gasteiger partial charge in [-0.15, -0.1) is 0 Å². The lowest BCUT2D eigenvalue weighted by Crippen LogP contribution is -2.27. The minimum absolute atomic E-state index is 0.0101. The molecular formula is C17H22N2O3. The third-order valence-electron chi connectivity index (χ3n) is 3.48. The summed E-state index contributed by atoms with van der Waals surface area (Å²) in [4.78, 5) is 11.9. The largest absolute Gasteiger partial charge is 0.494 e. The van der Waals surface area contributed by atoms with E-state index in [1.807, 2.05) is 45.0 Å². The average Bonchev–Trinajstić information content (AvgIpc) is 2.81. The van der Waals surface area contributed by atoms with Gasteiger partial charge in [-0.1, -0.05) is 17.3 Å². The summed E-state index contributed by atoms with van der Waals surface area (Å²) in [6, 6.07) is 7.60. The van der Waals surface area contributed by atoms with E-state index in [1.165, 1.54) is 0 Å². The fourth-order valence-corrected chi connectivity index (χ4v) is 2.30. The zero-order chi connectivity index (χ0) is 15.9. The van der Waals surface area contributed by atoms with E-state index < -0.39 is 0 Å². The van der Waals surface area contributed by atoms with Crippen molar-refractivity contribution in [2.24, 2.45) is 0 Å². The predicted octanol–water partition coefficient (Wildman–Crippen LogP) is 2.59. The summed E-state index contributed by atoms with van der Waals surface area (Å²) in [6.07, 6.45) is 1.10. The fourth-order valence-electron chi connectivity index (χ4n) is 2.30. The molecule has 0 aliphatic carbocycles. The van der Waals surface area contributed by atoms with Crippen LogP contribution in [0.5, 0.6) is 5.75 Å². The minimum atomic E-state index is 0.0101. The van der Waals surface area contributed by atoms with Crippen LogP contribution in [0.1, 0.15) is 29.5 Å². The number of amides is 1. The van der Waals surface area contributed by atoms with E-state index in [0.717, 1.165) is 34.8 Å². The minimum Gasteiger partial charge on any atom is -0.494 e. The molecule has 1 heterocycles. The molecule has 0 fully saturated rings. The quantitative estimate of drug-likeness (QED) is 0.854. The lowest BCUT2D eigenvalue weighted by molar-refractivity contribution is -0.120. The Morgan fingerprint density at radius 2 is 2.00 bits per heavy atom. The molecule has 0 radical (unpaired) electrons. The van der Waals surface area contributed by atoms with Crippen molar-refractivity contribution in [3.8, 4) is 5.75 Å². The van der Waals surface area contributed by atoms with Crippen molar-refractivity contribution in [2.75, 3.05) is 13.2 Å². The first kappa shape index (κ1) is 16.1. The van der Waals surface area contributed by atoms with Gasteiger partial charge in [0.15, 0.2) is 0 Å². The van der Waals surface area contributed by atoms with Gasteiger partial charge in [-0.2, -0.15) is 0 Å². The van der Waals surface area contributed by atoms with Crippen LogP contribution < -0.4 is 10.1 Å². The van der Waals surface area contributed by atoms with Gasteiger partial charge in [0.1, 0.15) is 11.5 Å². The SMILES string of the molecule is CCOc1ccc(CC(=O)NCCc2c(C)noc2C)cc1. The number of nitrogens with one attached hydrogen (secondary N) is 1. The molecule has 0 atom stereocenters. The smallest absolute Gasteiger partial charge is 0.224 e. The summed E-state index contributed by atoms with van der Waals surface area (Å²) in [5, 5.41) is 6.83. The summed E-state index contributed by atoms with van der Waals surface area (Å²) in [6.45, 7) is 6.96. The second-order valence-electron chi connectivity index (χ2n) is 5.16. The standard InChI is InChI=1S/C17H22N2O3/c1-4-21-15-7-5-14(6-8-15)11-17(20)18-10-9-16-12(2)19-22-13(16)3/h5-8H,4,9-11H2,1-3H3,(H,18,20). The van der Waals surface area contributed by atoms with Gasteiger partial charge in [-0.25, -0.2) is 0 Å². The van der Waals surface area contributed by atoms with E-state index in [4.69, 9.17) is 9.26 Å². The molecular weight excluding hydrogens is 280 g/mol. The summed E-state index contributed by atoms with van der Waals surface area (Å²) in [5.41, 5.74) is 2.93. The van der Waals surface area contributed by atoms with Gasteiger partial charge in [0, 0.05) is 12.1 Å². The van der Waals surface area contributed by atoms with E-state index >= 15 is 0 Å². The van der Waals surface area contributed by atoms with Gasteiger partial charge < -0.3 is 14.6 Å². The van der Waals surface area contributed by atoms with Crippen molar-refractivity contribution >= 4 is 5.91 Å². The van der Waals surface area contributed by atoms with Gasteiger partial charge in [0.25, 0.3) is 0 Å². The molecule has 5 nitrogen and oxygen atoms in total. The zero-order valence-electron chi connectivity index (χ0n) is 13.3. The number of benzene rings is 1. The van der Waals surface area contributed by atoms with Crippen LogP contribution in [0.15, 0.2) is 28.8 Å². The Morgan fingerprint density at radius 3 is 2.59 bits per heavy atom. The highest BCUT2D eigenvalue weighted by molar-refractivity contribution is 5.78. The highest BCUT2D eigenvalue weighted by Gasteiger charge is 2.09. The first-order valence-electron chi connectivity index (χ1n) is 7.50. The molecule has 0 unspecified atom stereocenters. The molecule has 2 rings (SSSR count). The number of carbonyl (C=O) groups is 1. The van der Waals surface area contributed by atoms with E-state index in [0.29, 0.717) is 19.6 Å². The molecule has 1 amide bonds. The number of aryl methyl sites for hydroxylation is 2. The Balaban J connectivity index is 1.78. The molecule has 22 heavy (non-hydrogen) atoms. The lowest BCUT2D eigenvalue weighted by Gasteiger charge is -2.07. The van der Waals surface area contributed by atoms with Gasteiger partial charge in [0.05, 0.1) is 18.7 Å². The number of rotatable bonds is 7. The lowest BCUT2D eigenvalue weighted by atomic mass is 10.1. The molecule has 0 saturated carbocycles. The first-order valence-corrected chi connectivity index (χ1v) is 7.50. The van der Waals surface area contributed by atoms with Gasteiger partial charge in [-0.05, 0) is 44.9 Å². The predicted molar refractivity (Wildman–Crippen MR) is 84.0 cm³/mol. The molecule has 0 aliphatic heterocycles. The van der Waals surface area contributed by atoms with E-state index in [1.54, 1.807) is 0 Å². The fraction of sp³-hybridized carbons (Fsp3) is 0.412. The summed E-state index contributed by atoms with van der Waals surface area (Å²) in [7, 11) is 0. The van der Waals surface area contributed by atoms with Gasteiger partial charge in [-0.3, -0.25) is 4.79 Å². The van der Waals surface area contributed by atoms with Crippen LogP contribution in [0.25, 0.3) is 0 Å². The Bertz CT molecular complexity index is 598. The van der Waals surface area contributed by atoms with Crippen LogP contribution in [0.2, 0.25) is 0 Å². The third kappa shape index (κ3) is 4.35. The van der Waals surface area contributed by atoms with E-state index in [-0.39, 0.29) is 5.91 Å². The maximum Gasteiger partial charge on any atom is 0.224 e. The molecule has 0 saturated heterocycles. The molecule has 0 spiro atoms. The summed E-state index contributed by atoms with van der Waals surface area (Å²) in [5.74, 6) is 1.65. The molecule has 0 aliphatic rings. The van der Waals surface area contributed by atoms with Crippen molar-refractivity contribution in [1.29, 1.82) is 0 Å². The molecule has 5 heteroatoms. The number of aromatic nitrogens is 1. The monoisotopic (exact) mass is 302 g/mol. The number of hydrogen-bond acceptors (Lipinski definition) is 4. The summed E-state index contributed by atoms with van der Waals surface area (Å²) >= 11 is 0. The van der Waals surface area contributed by atoms with Gasteiger partial charge in [0.2, 0.25) is 5.91 Å². The second-order valence-corrected chi connectivity index (χ2v) is 5.16. The van der Waals surface area contributed by atoms with Crippen LogP contribution in [-0.4, -0.2) is 24.2 Å². The number of nitrogens with zero attached hydrogens (tertiary/aromatic N) is 1.